The van der Waals surface area contributed by atoms with Gasteiger partial charge in [-0.1, -0.05) is 85.0 Å². The third-order valence-electron chi connectivity index (χ3n) is 5.32. The average Bonchev–Trinajstić information content (AvgIpc) is 2.73. The third kappa shape index (κ3) is 12.3. The van der Waals surface area contributed by atoms with Gasteiger partial charge in [0, 0.05) is 11.6 Å². The molecule has 1 atom stereocenters. The van der Waals surface area contributed by atoms with Gasteiger partial charge in [0.05, 0.1) is 15.9 Å². The van der Waals surface area contributed by atoms with Gasteiger partial charge in [0.15, 0.2) is 5.75 Å². The van der Waals surface area contributed by atoms with Crippen molar-refractivity contribution in [2.45, 2.75) is 104 Å². The monoisotopic (exact) mass is 439 g/mol. The van der Waals surface area contributed by atoms with Crippen LogP contribution in [0.15, 0.2) is 12.1 Å². The van der Waals surface area contributed by atoms with Crippen molar-refractivity contribution < 1.29 is 15.0 Å². The molecule has 0 saturated carbocycles. The van der Waals surface area contributed by atoms with Gasteiger partial charge in [0.1, 0.15) is 0 Å². The number of unbranched alkanes of at least 4 members (excludes halogenated alkanes) is 9. The van der Waals surface area contributed by atoms with E-state index in [1.807, 2.05) is 6.92 Å². The fourth-order valence-corrected chi connectivity index (χ4v) is 3.47. The first-order chi connectivity index (χ1) is 14.8. The number of benzene rings is 1. The number of nitrogens with two attached hydrogens (primary N) is 1. The first kappa shape index (κ1) is 28.8. The van der Waals surface area contributed by atoms with Gasteiger partial charge in [-0.15, -0.1) is 0 Å². The van der Waals surface area contributed by atoms with Gasteiger partial charge in [0.25, 0.3) is 5.69 Å². The quantitative estimate of drug-likeness (QED) is 0.172. The summed E-state index contributed by atoms with van der Waals surface area (Å²) >= 11 is 0. The first-order valence-electron chi connectivity index (χ1n) is 11.7. The fourth-order valence-electron chi connectivity index (χ4n) is 3.47. The topological polar surface area (TPSA) is 133 Å². The molecule has 0 amide bonds. The maximum atomic E-state index is 10.8. The number of non-ortho nitro benzene ring substituents is 1. The normalized spacial score (nSPS) is 11.5. The minimum Gasteiger partial charge on any atom is -0.502 e. The lowest BCUT2D eigenvalue weighted by atomic mass is 9.94. The number of phenols is 1. The number of phenolic OH excluding ortho intramolecular Hbond substituents is 1. The molecule has 0 aromatic heterocycles. The van der Waals surface area contributed by atoms with Crippen LogP contribution in [0.3, 0.4) is 0 Å². The van der Waals surface area contributed by atoms with E-state index in [2.05, 4.69) is 6.92 Å². The molecule has 0 aliphatic rings. The highest BCUT2D eigenvalue weighted by Gasteiger charge is 2.25. The molecular formula is C23H41N3O5. The van der Waals surface area contributed by atoms with Gasteiger partial charge < -0.3 is 10.8 Å². The zero-order chi connectivity index (χ0) is 23.6. The van der Waals surface area contributed by atoms with Crippen LogP contribution in [-0.4, -0.2) is 21.5 Å². The molecule has 1 aromatic carbocycles. The van der Waals surface area contributed by atoms with E-state index in [4.69, 9.17) is 5.73 Å². The van der Waals surface area contributed by atoms with Crippen LogP contribution >= 0.6 is 0 Å². The van der Waals surface area contributed by atoms with Gasteiger partial charge in [-0.05, 0) is 25.3 Å². The van der Waals surface area contributed by atoms with Gasteiger partial charge >= 0.3 is 5.69 Å². The maximum absolute atomic E-state index is 10.8. The lowest BCUT2D eigenvalue weighted by Gasteiger charge is -2.12. The zero-order valence-corrected chi connectivity index (χ0v) is 19.5. The number of hydrogen-bond acceptors (Lipinski definition) is 6. The summed E-state index contributed by atoms with van der Waals surface area (Å²) in [5.41, 5.74) is 4.67. The molecule has 0 radical (unpaired) electrons. The van der Waals surface area contributed by atoms with Crippen LogP contribution in [0.2, 0.25) is 0 Å². The number of hydrogen-bond donors (Lipinski definition) is 2. The van der Waals surface area contributed by atoms with E-state index in [1.54, 1.807) is 6.92 Å². The molecule has 31 heavy (non-hydrogen) atoms. The zero-order valence-electron chi connectivity index (χ0n) is 19.5. The molecule has 1 rings (SSSR count). The molecule has 8 heteroatoms. The third-order valence-corrected chi connectivity index (χ3v) is 5.32. The second-order valence-corrected chi connectivity index (χ2v) is 8.08. The molecule has 1 unspecified atom stereocenters. The summed E-state index contributed by atoms with van der Waals surface area (Å²) in [6.07, 6.45) is 15.4. The molecule has 178 valence electrons. The van der Waals surface area contributed by atoms with E-state index in [-0.39, 0.29) is 17.2 Å². The lowest BCUT2D eigenvalue weighted by molar-refractivity contribution is -0.394. The van der Waals surface area contributed by atoms with E-state index < -0.39 is 21.3 Å². The van der Waals surface area contributed by atoms with Crippen LogP contribution in [-0.2, 0) is 0 Å². The summed E-state index contributed by atoms with van der Waals surface area (Å²) < 4.78 is 0. The highest BCUT2D eigenvalue weighted by atomic mass is 16.6. The smallest absolute Gasteiger partial charge is 0.317 e. The van der Waals surface area contributed by atoms with Crippen LogP contribution in [0.4, 0.5) is 11.4 Å². The van der Waals surface area contributed by atoms with Crippen LogP contribution in [0.1, 0.15) is 109 Å². The van der Waals surface area contributed by atoms with E-state index in [9.17, 15) is 25.3 Å². The minimum absolute atomic E-state index is 0.173. The molecule has 0 saturated heterocycles. The Balaban J connectivity index is 0.000000615. The Bertz CT molecular complexity index is 642. The molecule has 0 fully saturated rings. The Morgan fingerprint density at radius 3 is 1.81 bits per heavy atom. The van der Waals surface area contributed by atoms with Crippen molar-refractivity contribution >= 4 is 11.4 Å². The first-order valence-corrected chi connectivity index (χ1v) is 11.7. The fraction of sp³-hybridized carbons (Fsp3) is 0.739. The largest absolute Gasteiger partial charge is 0.502 e. The SMILES string of the molecule is CCCC(C)c1cc([N+](=O)[O-])cc([N+](=O)[O-])c1O.CCCCCCCCCCCCN. The van der Waals surface area contributed by atoms with Gasteiger partial charge in [-0.2, -0.15) is 0 Å². The lowest BCUT2D eigenvalue weighted by Crippen LogP contribution is -2.00. The highest BCUT2D eigenvalue weighted by molar-refractivity contribution is 5.58. The molecule has 0 spiro atoms. The van der Waals surface area contributed by atoms with Crippen molar-refractivity contribution in [1.82, 2.24) is 0 Å². The molecular weight excluding hydrogens is 398 g/mol. The van der Waals surface area contributed by atoms with Gasteiger partial charge in [0.2, 0.25) is 0 Å². The molecule has 0 aliphatic heterocycles. The minimum atomic E-state index is -0.815. The Morgan fingerprint density at radius 2 is 1.39 bits per heavy atom. The number of nitro groups is 2. The number of nitro benzene ring substituents is 2. The second-order valence-electron chi connectivity index (χ2n) is 8.08. The maximum Gasteiger partial charge on any atom is 0.317 e. The molecule has 0 bridgehead atoms. The predicted octanol–water partition coefficient (Wildman–Crippen LogP) is 6.98. The molecule has 8 nitrogen and oxygen atoms in total. The molecule has 3 N–H and O–H groups in total. The number of rotatable bonds is 15. The standard InChI is InChI=1S/C12H27N.C11H14N2O5/c1-2-3-4-5-6-7-8-9-10-11-12-13;1-3-4-7(2)9-5-8(12(15)16)6-10(11(9)14)13(17)18/h2-13H2,1H3;5-7,14H,3-4H2,1-2H3. The summed E-state index contributed by atoms with van der Waals surface area (Å²) in [6.45, 7) is 6.84. The summed E-state index contributed by atoms with van der Waals surface area (Å²) in [5, 5.41) is 31.3. The van der Waals surface area contributed by atoms with Crippen LogP contribution in [0, 0.1) is 20.2 Å². The summed E-state index contributed by atoms with van der Waals surface area (Å²) in [5.74, 6) is -0.653. The molecule has 0 aliphatic carbocycles. The predicted molar refractivity (Wildman–Crippen MR) is 126 cm³/mol. The van der Waals surface area contributed by atoms with Gasteiger partial charge in [-0.3, -0.25) is 20.2 Å². The number of nitrogens with zero attached hydrogens (tertiary/aromatic N) is 2. The Hall–Kier alpha value is -2.22. The Labute approximate surface area is 186 Å². The number of aromatic hydroxyl groups is 1. The van der Waals surface area contributed by atoms with E-state index in [0.717, 1.165) is 19.0 Å². The van der Waals surface area contributed by atoms with E-state index >= 15 is 0 Å². The average molecular weight is 440 g/mol. The second kappa shape index (κ2) is 17.5. The summed E-state index contributed by atoms with van der Waals surface area (Å²) in [7, 11) is 0. The van der Waals surface area contributed by atoms with Gasteiger partial charge in [-0.25, -0.2) is 0 Å². The Morgan fingerprint density at radius 1 is 0.871 bits per heavy atom. The van der Waals surface area contributed by atoms with Crippen molar-refractivity contribution in [3.8, 4) is 5.75 Å². The van der Waals surface area contributed by atoms with Crippen molar-refractivity contribution in [3.63, 3.8) is 0 Å². The van der Waals surface area contributed by atoms with Crippen LogP contribution in [0.25, 0.3) is 0 Å². The van der Waals surface area contributed by atoms with Crippen molar-refractivity contribution in [3.05, 3.63) is 37.9 Å². The summed E-state index contributed by atoms with van der Waals surface area (Å²) in [4.78, 5) is 20.0. The van der Waals surface area contributed by atoms with Crippen LogP contribution < -0.4 is 5.73 Å². The Kier molecular flexibility index (Phi) is 16.2. The van der Waals surface area contributed by atoms with E-state index in [1.165, 1.54) is 70.3 Å². The molecule has 0 heterocycles. The molecule has 1 aromatic rings. The van der Waals surface area contributed by atoms with Crippen molar-refractivity contribution in [2.75, 3.05) is 6.54 Å². The van der Waals surface area contributed by atoms with E-state index in [0.29, 0.717) is 6.42 Å². The van der Waals surface area contributed by atoms with Crippen molar-refractivity contribution in [2.24, 2.45) is 5.73 Å². The van der Waals surface area contributed by atoms with Crippen LogP contribution in [0.5, 0.6) is 5.75 Å². The highest BCUT2D eigenvalue weighted by Crippen LogP contribution is 2.39. The van der Waals surface area contributed by atoms with Crippen molar-refractivity contribution in [1.29, 1.82) is 0 Å². The summed E-state index contributed by atoms with van der Waals surface area (Å²) in [6, 6.07) is 1.97.